The van der Waals surface area contributed by atoms with E-state index in [0.29, 0.717) is 5.69 Å². The van der Waals surface area contributed by atoms with Gasteiger partial charge in [-0.05, 0) is 24.3 Å². The van der Waals surface area contributed by atoms with Gasteiger partial charge < -0.3 is 5.11 Å². The smallest absolute Gasteiger partial charge is 0.271 e. The van der Waals surface area contributed by atoms with Gasteiger partial charge in [-0.2, -0.15) is 0 Å². The Hall–Kier alpha value is -4.13. The Kier molecular flexibility index (Phi) is 4.47. The van der Waals surface area contributed by atoms with Crippen molar-refractivity contribution in [2.24, 2.45) is 4.99 Å². The molecule has 0 aliphatic rings. The summed E-state index contributed by atoms with van der Waals surface area (Å²) in [6.45, 7) is 0. The third kappa shape index (κ3) is 3.41. The van der Waals surface area contributed by atoms with Crippen LogP contribution in [0.25, 0.3) is 22.2 Å². The summed E-state index contributed by atoms with van der Waals surface area (Å²) in [5, 5.41) is 21.8. The number of nitro groups is 1. The molecule has 0 saturated carbocycles. The van der Waals surface area contributed by atoms with Crippen molar-refractivity contribution in [3.63, 3.8) is 0 Å². The number of aliphatic imine (C=N–C) groups is 1. The van der Waals surface area contributed by atoms with Crippen LogP contribution in [0.5, 0.6) is 5.75 Å². The Morgan fingerprint density at radius 2 is 1.86 bits per heavy atom. The van der Waals surface area contributed by atoms with Crippen molar-refractivity contribution < 1.29 is 10.0 Å². The Morgan fingerprint density at radius 3 is 2.71 bits per heavy atom. The van der Waals surface area contributed by atoms with E-state index in [0.717, 1.165) is 22.2 Å². The maximum atomic E-state index is 10.9. The van der Waals surface area contributed by atoms with Gasteiger partial charge in [0.15, 0.2) is 0 Å². The molecule has 0 bridgehead atoms. The summed E-state index contributed by atoms with van der Waals surface area (Å²) in [6, 6.07) is 18.9. The Bertz CT molecular complexity index is 1220. The predicted octanol–water partition coefficient (Wildman–Crippen LogP) is 4.66. The highest BCUT2D eigenvalue weighted by molar-refractivity contribution is 5.93. The molecule has 4 aromatic rings. The lowest BCUT2D eigenvalue weighted by Gasteiger charge is -2.06. The molecule has 2 heterocycles. The van der Waals surface area contributed by atoms with Crippen LogP contribution in [0.15, 0.2) is 77.9 Å². The zero-order valence-corrected chi connectivity index (χ0v) is 14.6. The summed E-state index contributed by atoms with van der Waals surface area (Å²) in [5.41, 5.74) is 2.99. The minimum atomic E-state index is -0.537. The molecule has 0 radical (unpaired) electrons. The van der Waals surface area contributed by atoms with Crippen molar-refractivity contribution in [1.82, 2.24) is 9.97 Å². The molecule has 0 aliphatic carbocycles. The van der Waals surface area contributed by atoms with Crippen LogP contribution in [-0.2, 0) is 0 Å². The predicted molar refractivity (Wildman–Crippen MR) is 107 cm³/mol. The lowest BCUT2D eigenvalue weighted by molar-refractivity contribution is -0.384. The number of pyridine rings is 2. The fourth-order valence-electron chi connectivity index (χ4n) is 2.85. The van der Waals surface area contributed by atoms with Crippen LogP contribution in [0, 0.1) is 10.1 Å². The highest BCUT2D eigenvalue weighted by Crippen LogP contribution is 2.30. The fraction of sp³-hybridized carbons (Fsp3) is 0. The largest absolute Gasteiger partial charge is 0.506 e. The van der Waals surface area contributed by atoms with E-state index in [-0.39, 0.29) is 17.1 Å². The summed E-state index contributed by atoms with van der Waals surface area (Å²) in [7, 11) is 0. The standard InChI is InChI=1S/C21H14N4O3/c26-20-10-9-16(25(27)28)12-19(20)23-13-15-6-2-8-18(24-15)17-7-1-4-14-5-3-11-22-21(14)17/h1-13,26H. The molecule has 0 saturated heterocycles. The first-order valence-electron chi connectivity index (χ1n) is 8.44. The van der Waals surface area contributed by atoms with Gasteiger partial charge >= 0.3 is 0 Å². The van der Waals surface area contributed by atoms with Crippen molar-refractivity contribution >= 4 is 28.5 Å². The van der Waals surface area contributed by atoms with E-state index >= 15 is 0 Å². The number of hydrogen-bond donors (Lipinski definition) is 1. The van der Waals surface area contributed by atoms with Crippen LogP contribution < -0.4 is 0 Å². The van der Waals surface area contributed by atoms with Crippen molar-refractivity contribution in [3.8, 4) is 17.0 Å². The number of rotatable bonds is 4. The number of para-hydroxylation sites is 1. The number of phenolic OH excluding ortho intramolecular Hbond substituents is 1. The van der Waals surface area contributed by atoms with E-state index in [1.54, 1.807) is 12.3 Å². The number of phenols is 1. The van der Waals surface area contributed by atoms with Crippen LogP contribution >= 0.6 is 0 Å². The van der Waals surface area contributed by atoms with Gasteiger partial charge in [-0.3, -0.25) is 20.1 Å². The summed E-state index contributed by atoms with van der Waals surface area (Å²) >= 11 is 0. The number of aromatic nitrogens is 2. The number of hydrogen-bond acceptors (Lipinski definition) is 6. The number of aromatic hydroxyl groups is 1. The number of non-ortho nitro benzene ring substituents is 1. The maximum absolute atomic E-state index is 10.9. The molecule has 7 nitrogen and oxygen atoms in total. The molecule has 0 aliphatic heterocycles. The first-order valence-corrected chi connectivity index (χ1v) is 8.44. The summed E-state index contributed by atoms with van der Waals surface area (Å²) in [4.78, 5) is 23.6. The van der Waals surface area contributed by atoms with Gasteiger partial charge in [0.1, 0.15) is 11.4 Å². The van der Waals surface area contributed by atoms with Crippen LogP contribution in [0.1, 0.15) is 5.69 Å². The Balaban J connectivity index is 1.71. The molecule has 0 fully saturated rings. The monoisotopic (exact) mass is 370 g/mol. The van der Waals surface area contributed by atoms with Crippen molar-refractivity contribution in [2.45, 2.75) is 0 Å². The topological polar surface area (TPSA) is 102 Å². The second-order valence-electron chi connectivity index (χ2n) is 6.02. The molecule has 0 atom stereocenters. The number of nitrogens with zero attached hydrogens (tertiary/aromatic N) is 4. The van der Waals surface area contributed by atoms with E-state index in [1.807, 2.05) is 42.5 Å². The third-order valence-corrected chi connectivity index (χ3v) is 4.19. The SMILES string of the molecule is O=[N+]([O-])c1ccc(O)c(N=Cc2cccc(-c3cccc4cccnc34)n2)c1. The molecule has 2 aromatic carbocycles. The van der Waals surface area contributed by atoms with Crippen LogP contribution in [0.3, 0.4) is 0 Å². The van der Waals surface area contributed by atoms with Crippen LogP contribution in [0.2, 0.25) is 0 Å². The lowest BCUT2D eigenvalue weighted by atomic mass is 10.1. The summed E-state index contributed by atoms with van der Waals surface area (Å²) < 4.78 is 0. The average molecular weight is 370 g/mol. The van der Waals surface area contributed by atoms with E-state index in [1.165, 1.54) is 24.4 Å². The first kappa shape index (κ1) is 17.3. The third-order valence-electron chi connectivity index (χ3n) is 4.19. The molecule has 0 spiro atoms. The van der Waals surface area contributed by atoms with Gasteiger partial charge in [0.2, 0.25) is 0 Å². The van der Waals surface area contributed by atoms with Gasteiger partial charge in [-0.1, -0.05) is 30.3 Å². The Morgan fingerprint density at radius 1 is 1.04 bits per heavy atom. The average Bonchev–Trinajstić information content (AvgIpc) is 2.73. The fourth-order valence-corrected chi connectivity index (χ4v) is 2.85. The molecule has 2 aromatic heterocycles. The van der Waals surface area contributed by atoms with Gasteiger partial charge in [0, 0.05) is 29.3 Å². The molecule has 4 rings (SSSR count). The quantitative estimate of drug-likeness (QED) is 0.320. The summed E-state index contributed by atoms with van der Waals surface area (Å²) in [5.74, 6) is -0.142. The second-order valence-corrected chi connectivity index (χ2v) is 6.02. The zero-order chi connectivity index (χ0) is 19.5. The number of nitro benzene ring substituents is 1. The lowest BCUT2D eigenvalue weighted by Crippen LogP contribution is -1.92. The van der Waals surface area contributed by atoms with Crippen molar-refractivity contribution in [2.75, 3.05) is 0 Å². The molecule has 0 amide bonds. The Labute approximate surface area is 159 Å². The van der Waals surface area contributed by atoms with Crippen LogP contribution in [0.4, 0.5) is 11.4 Å². The maximum Gasteiger partial charge on any atom is 0.271 e. The zero-order valence-electron chi connectivity index (χ0n) is 14.6. The molecule has 7 heteroatoms. The molecule has 136 valence electrons. The van der Waals surface area contributed by atoms with E-state index in [2.05, 4.69) is 15.0 Å². The van der Waals surface area contributed by atoms with Crippen LogP contribution in [-0.4, -0.2) is 26.2 Å². The number of benzene rings is 2. The van der Waals surface area contributed by atoms with Crippen molar-refractivity contribution in [3.05, 3.63) is 88.7 Å². The number of fused-ring (bicyclic) bond motifs is 1. The minimum Gasteiger partial charge on any atom is -0.506 e. The molecular formula is C21H14N4O3. The molecule has 28 heavy (non-hydrogen) atoms. The molecule has 1 N–H and O–H groups in total. The van der Waals surface area contributed by atoms with Crippen molar-refractivity contribution in [1.29, 1.82) is 0 Å². The minimum absolute atomic E-state index is 0.105. The van der Waals surface area contributed by atoms with Gasteiger partial charge in [0.05, 0.1) is 28.0 Å². The van der Waals surface area contributed by atoms with Gasteiger partial charge in [-0.15, -0.1) is 0 Å². The highest BCUT2D eigenvalue weighted by Gasteiger charge is 2.10. The summed E-state index contributed by atoms with van der Waals surface area (Å²) in [6.07, 6.45) is 3.20. The second kappa shape index (κ2) is 7.24. The van der Waals surface area contributed by atoms with E-state index < -0.39 is 4.92 Å². The highest BCUT2D eigenvalue weighted by atomic mass is 16.6. The van der Waals surface area contributed by atoms with Gasteiger partial charge in [-0.25, -0.2) is 4.98 Å². The normalized spacial score (nSPS) is 11.1. The molecular weight excluding hydrogens is 356 g/mol. The van der Waals surface area contributed by atoms with E-state index in [4.69, 9.17) is 0 Å². The van der Waals surface area contributed by atoms with E-state index in [9.17, 15) is 15.2 Å². The molecule has 0 unspecified atom stereocenters. The van der Waals surface area contributed by atoms with Gasteiger partial charge in [0.25, 0.3) is 5.69 Å². The first-order chi connectivity index (χ1) is 13.6.